The van der Waals surface area contributed by atoms with E-state index in [-0.39, 0.29) is 17.2 Å². The molecular weight excluding hydrogens is 450 g/mol. The largest absolute Gasteiger partial charge is 0.339 e. The predicted octanol–water partition coefficient (Wildman–Crippen LogP) is 2.82. The van der Waals surface area contributed by atoms with Gasteiger partial charge in [0.1, 0.15) is 0 Å². The van der Waals surface area contributed by atoms with Gasteiger partial charge in [0, 0.05) is 49.3 Å². The first-order valence-corrected chi connectivity index (χ1v) is 11.9. The molecule has 1 fully saturated rings. The molecule has 0 radical (unpaired) electrons. The Bertz CT molecular complexity index is 1160. The third kappa shape index (κ3) is 5.35. The molecule has 0 atom stereocenters. The second-order valence-electron chi connectivity index (χ2n) is 7.35. The van der Waals surface area contributed by atoms with Crippen molar-refractivity contribution < 1.29 is 13.2 Å². The maximum Gasteiger partial charge on any atom is 0.261 e. The zero-order valence-corrected chi connectivity index (χ0v) is 18.8. The molecule has 3 aromatic rings. The standard InChI is InChI=1S/C22H22ClN5O3S/c23-18-4-8-20(9-5-18)32(30,31)26-19-6-2-17(3-7-19)16-21(29)27-12-14-28(15-13-27)22-24-10-1-11-25-22/h1-11,26H,12-16H2. The molecule has 4 rings (SSSR count). The first kappa shape index (κ1) is 22.0. The van der Waals surface area contributed by atoms with Crippen LogP contribution in [0.15, 0.2) is 71.9 Å². The average molecular weight is 472 g/mol. The van der Waals surface area contributed by atoms with Crippen molar-refractivity contribution in [3.8, 4) is 0 Å². The molecule has 166 valence electrons. The van der Waals surface area contributed by atoms with Gasteiger partial charge in [-0.3, -0.25) is 9.52 Å². The first-order chi connectivity index (χ1) is 15.4. The Kier molecular flexibility index (Phi) is 6.57. The van der Waals surface area contributed by atoms with Gasteiger partial charge < -0.3 is 9.80 Å². The van der Waals surface area contributed by atoms with Gasteiger partial charge in [0.05, 0.1) is 11.3 Å². The molecule has 10 heteroatoms. The molecule has 0 spiro atoms. The van der Waals surface area contributed by atoms with Crippen LogP contribution in [0.25, 0.3) is 0 Å². The number of piperazine rings is 1. The monoisotopic (exact) mass is 471 g/mol. The van der Waals surface area contributed by atoms with Crippen molar-refractivity contribution >= 4 is 39.2 Å². The van der Waals surface area contributed by atoms with Gasteiger partial charge in [0.2, 0.25) is 11.9 Å². The van der Waals surface area contributed by atoms with Crippen molar-refractivity contribution in [1.29, 1.82) is 0 Å². The summed E-state index contributed by atoms with van der Waals surface area (Å²) in [6, 6.07) is 14.5. The number of carbonyl (C=O) groups is 1. The van der Waals surface area contributed by atoms with E-state index < -0.39 is 10.0 Å². The predicted molar refractivity (Wildman–Crippen MR) is 123 cm³/mol. The first-order valence-electron chi connectivity index (χ1n) is 10.1. The van der Waals surface area contributed by atoms with Gasteiger partial charge in [-0.25, -0.2) is 18.4 Å². The van der Waals surface area contributed by atoms with E-state index in [0.717, 1.165) is 5.56 Å². The molecule has 0 aliphatic carbocycles. The summed E-state index contributed by atoms with van der Waals surface area (Å²) in [7, 11) is -3.71. The van der Waals surface area contributed by atoms with Crippen molar-refractivity contribution in [3.05, 3.63) is 77.6 Å². The number of nitrogens with one attached hydrogen (secondary N) is 1. The van der Waals surface area contributed by atoms with Crippen LogP contribution >= 0.6 is 11.6 Å². The Balaban J connectivity index is 1.32. The lowest BCUT2D eigenvalue weighted by Gasteiger charge is -2.34. The maximum atomic E-state index is 12.7. The Hall–Kier alpha value is -3.17. The van der Waals surface area contributed by atoms with E-state index in [1.54, 1.807) is 42.7 Å². The number of nitrogens with zero attached hydrogens (tertiary/aromatic N) is 4. The fourth-order valence-corrected chi connectivity index (χ4v) is 4.60. The van der Waals surface area contributed by atoms with Gasteiger partial charge in [0.25, 0.3) is 10.0 Å². The zero-order valence-electron chi connectivity index (χ0n) is 17.2. The molecule has 1 saturated heterocycles. The fourth-order valence-electron chi connectivity index (χ4n) is 3.42. The van der Waals surface area contributed by atoms with Crippen LogP contribution in [-0.4, -0.2) is 55.4 Å². The quantitative estimate of drug-likeness (QED) is 0.594. The van der Waals surface area contributed by atoms with Crippen molar-refractivity contribution in [3.63, 3.8) is 0 Å². The van der Waals surface area contributed by atoms with E-state index in [2.05, 4.69) is 19.6 Å². The van der Waals surface area contributed by atoms with Gasteiger partial charge in [-0.05, 0) is 48.0 Å². The molecule has 1 aromatic heterocycles. The van der Waals surface area contributed by atoms with Crippen molar-refractivity contribution in [2.45, 2.75) is 11.3 Å². The molecule has 0 saturated carbocycles. The van der Waals surface area contributed by atoms with E-state index in [1.165, 1.54) is 24.3 Å². The highest BCUT2D eigenvalue weighted by molar-refractivity contribution is 7.92. The lowest BCUT2D eigenvalue weighted by molar-refractivity contribution is -0.130. The smallest absolute Gasteiger partial charge is 0.261 e. The van der Waals surface area contributed by atoms with Crippen LogP contribution in [0.2, 0.25) is 5.02 Å². The zero-order chi connectivity index (χ0) is 22.6. The highest BCUT2D eigenvalue weighted by Crippen LogP contribution is 2.19. The number of carbonyl (C=O) groups excluding carboxylic acids is 1. The van der Waals surface area contributed by atoms with Crippen LogP contribution in [-0.2, 0) is 21.2 Å². The number of anilines is 2. The molecule has 2 heterocycles. The Morgan fingerprint density at radius 2 is 1.56 bits per heavy atom. The summed E-state index contributed by atoms with van der Waals surface area (Å²) in [5.41, 5.74) is 1.24. The molecule has 1 aliphatic heterocycles. The average Bonchev–Trinajstić information content (AvgIpc) is 2.81. The highest BCUT2D eigenvalue weighted by Gasteiger charge is 2.22. The molecule has 1 N–H and O–H groups in total. The summed E-state index contributed by atoms with van der Waals surface area (Å²) < 4.78 is 27.5. The van der Waals surface area contributed by atoms with E-state index in [9.17, 15) is 13.2 Å². The van der Waals surface area contributed by atoms with Crippen molar-refractivity contribution in [2.24, 2.45) is 0 Å². The Morgan fingerprint density at radius 3 is 2.19 bits per heavy atom. The second-order valence-corrected chi connectivity index (χ2v) is 9.47. The van der Waals surface area contributed by atoms with Gasteiger partial charge in [0.15, 0.2) is 0 Å². The second kappa shape index (κ2) is 9.54. The van der Waals surface area contributed by atoms with Crippen LogP contribution in [0.4, 0.5) is 11.6 Å². The summed E-state index contributed by atoms with van der Waals surface area (Å²) in [5, 5.41) is 0.466. The number of aromatic nitrogens is 2. The number of benzene rings is 2. The molecule has 1 amide bonds. The number of rotatable bonds is 6. The van der Waals surface area contributed by atoms with Crippen molar-refractivity contribution in [1.82, 2.24) is 14.9 Å². The molecular formula is C22H22ClN5O3S. The maximum absolute atomic E-state index is 12.7. The van der Waals surface area contributed by atoms with E-state index in [0.29, 0.717) is 42.8 Å². The van der Waals surface area contributed by atoms with Crippen LogP contribution in [0.1, 0.15) is 5.56 Å². The summed E-state index contributed by atoms with van der Waals surface area (Å²) >= 11 is 5.82. The number of hydrogen-bond acceptors (Lipinski definition) is 6. The third-order valence-corrected chi connectivity index (χ3v) is 6.80. The fraction of sp³-hybridized carbons (Fsp3) is 0.227. The number of amides is 1. The van der Waals surface area contributed by atoms with E-state index in [4.69, 9.17) is 11.6 Å². The molecule has 0 bridgehead atoms. The molecule has 2 aromatic carbocycles. The minimum absolute atomic E-state index is 0.0353. The summed E-state index contributed by atoms with van der Waals surface area (Å²) in [4.78, 5) is 25.2. The van der Waals surface area contributed by atoms with E-state index >= 15 is 0 Å². The van der Waals surface area contributed by atoms with Crippen LogP contribution in [0.3, 0.4) is 0 Å². The summed E-state index contributed by atoms with van der Waals surface area (Å²) in [6.45, 7) is 2.58. The molecule has 32 heavy (non-hydrogen) atoms. The third-order valence-electron chi connectivity index (χ3n) is 5.15. The van der Waals surface area contributed by atoms with Crippen molar-refractivity contribution in [2.75, 3.05) is 35.8 Å². The minimum atomic E-state index is -3.71. The van der Waals surface area contributed by atoms with Gasteiger partial charge in [-0.15, -0.1) is 0 Å². The van der Waals surface area contributed by atoms with Crippen LogP contribution in [0, 0.1) is 0 Å². The van der Waals surface area contributed by atoms with Crippen LogP contribution in [0.5, 0.6) is 0 Å². The number of sulfonamides is 1. The van der Waals surface area contributed by atoms with Crippen LogP contribution < -0.4 is 9.62 Å². The molecule has 1 aliphatic rings. The lowest BCUT2D eigenvalue weighted by atomic mass is 10.1. The highest BCUT2D eigenvalue weighted by atomic mass is 35.5. The molecule has 8 nitrogen and oxygen atoms in total. The Morgan fingerprint density at radius 1 is 0.938 bits per heavy atom. The number of hydrogen-bond donors (Lipinski definition) is 1. The van der Waals surface area contributed by atoms with Gasteiger partial charge in [-0.1, -0.05) is 23.7 Å². The van der Waals surface area contributed by atoms with E-state index in [1.807, 2.05) is 4.90 Å². The Labute approximate surface area is 191 Å². The topological polar surface area (TPSA) is 95.5 Å². The van der Waals surface area contributed by atoms with Gasteiger partial charge in [-0.2, -0.15) is 0 Å². The number of halogens is 1. The normalized spacial score (nSPS) is 14.3. The SMILES string of the molecule is O=C(Cc1ccc(NS(=O)(=O)c2ccc(Cl)cc2)cc1)N1CCN(c2ncccn2)CC1. The summed E-state index contributed by atoms with van der Waals surface area (Å²) in [6.07, 6.45) is 3.67. The van der Waals surface area contributed by atoms with Gasteiger partial charge >= 0.3 is 0 Å². The molecule has 0 unspecified atom stereocenters. The minimum Gasteiger partial charge on any atom is -0.339 e. The lowest BCUT2D eigenvalue weighted by Crippen LogP contribution is -2.49. The summed E-state index contributed by atoms with van der Waals surface area (Å²) in [5.74, 6) is 0.712.